The molecule has 2 amide bonds. The van der Waals surface area contributed by atoms with Crippen LogP contribution in [0.5, 0.6) is 0 Å². The highest BCUT2D eigenvalue weighted by Crippen LogP contribution is 2.14. The normalized spacial score (nSPS) is 14.3. The Morgan fingerprint density at radius 3 is 2.34 bits per heavy atom. The summed E-state index contributed by atoms with van der Waals surface area (Å²) in [5, 5.41) is 0. The van der Waals surface area contributed by atoms with Crippen LogP contribution in [0.3, 0.4) is 0 Å². The maximum absolute atomic E-state index is 13.3. The Morgan fingerprint density at radius 2 is 1.72 bits per heavy atom. The summed E-state index contributed by atoms with van der Waals surface area (Å²) in [6.45, 7) is 8.46. The Kier molecular flexibility index (Phi) is 8.81. The number of halogens is 1. The third-order valence-electron chi connectivity index (χ3n) is 5.55. The molecule has 0 unspecified atom stereocenters. The molecule has 0 saturated carbocycles. The summed E-state index contributed by atoms with van der Waals surface area (Å²) in [6, 6.07) is 9.78. The number of ether oxygens (including phenoxy) is 1. The van der Waals surface area contributed by atoms with Crippen molar-refractivity contribution in [1.29, 1.82) is 0 Å². The second-order valence-corrected chi connectivity index (χ2v) is 8.01. The topological polar surface area (TPSA) is 66.2 Å². The number of morpholine rings is 1. The van der Waals surface area contributed by atoms with Crippen LogP contribution in [0.1, 0.15) is 30.4 Å². The van der Waals surface area contributed by atoms with E-state index in [0.29, 0.717) is 45.0 Å². The second-order valence-electron chi connectivity index (χ2n) is 8.01. The van der Waals surface area contributed by atoms with Crippen molar-refractivity contribution in [3.8, 4) is 0 Å². The average Bonchev–Trinajstić information content (AvgIpc) is 3.22. The van der Waals surface area contributed by atoms with Gasteiger partial charge in [-0.3, -0.25) is 14.5 Å². The standard InChI is InChI=1S/C24H32FN3O4/c1-3-23(29)27(11-10-26-12-14-31-15-13-26)18-24(30)28(17-22-9-4-19(2)32-22)16-20-5-7-21(25)8-6-20/h4-9H,3,10-18H2,1-2H3. The molecule has 0 N–H and O–H groups in total. The third kappa shape index (κ3) is 7.17. The first-order valence-corrected chi connectivity index (χ1v) is 11.1. The zero-order valence-electron chi connectivity index (χ0n) is 18.9. The lowest BCUT2D eigenvalue weighted by molar-refractivity contribution is -0.141. The molecule has 32 heavy (non-hydrogen) atoms. The smallest absolute Gasteiger partial charge is 0.242 e. The van der Waals surface area contributed by atoms with Gasteiger partial charge in [-0.1, -0.05) is 19.1 Å². The van der Waals surface area contributed by atoms with Crippen LogP contribution in [0.15, 0.2) is 40.8 Å². The summed E-state index contributed by atoms with van der Waals surface area (Å²) in [4.78, 5) is 31.4. The van der Waals surface area contributed by atoms with Gasteiger partial charge in [0.05, 0.1) is 26.3 Å². The van der Waals surface area contributed by atoms with Crippen molar-refractivity contribution < 1.29 is 23.1 Å². The zero-order chi connectivity index (χ0) is 22.9. The summed E-state index contributed by atoms with van der Waals surface area (Å²) in [5.41, 5.74) is 0.810. The summed E-state index contributed by atoms with van der Waals surface area (Å²) in [7, 11) is 0. The molecule has 0 atom stereocenters. The van der Waals surface area contributed by atoms with E-state index in [4.69, 9.17) is 9.15 Å². The summed E-state index contributed by atoms with van der Waals surface area (Å²) in [6.07, 6.45) is 0.339. The first-order chi connectivity index (χ1) is 15.4. The molecule has 1 aromatic carbocycles. The molecule has 1 fully saturated rings. The van der Waals surface area contributed by atoms with Gasteiger partial charge >= 0.3 is 0 Å². The van der Waals surface area contributed by atoms with Gasteiger partial charge < -0.3 is 19.0 Å². The molecule has 2 aromatic rings. The van der Waals surface area contributed by atoms with E-state index in [1.165, 1.54) is 12.1 Å². The van der Waals surface area contributed by atoms with Crippen molar-refractivity contribution in [1.82, 2.24) is 14.7 Å². The highest BCUT2D eigenvalue weighted by atomic mass is 19.1. The molecular formula is C24H32FN3O4. The Hall–Kier alpha value is -2.71. The van der Waals surface area contributed by atoms with Gasteiger partial charge in [-0.05, 0) is 36.8 Å². The minimum Gasteiger partial charge on any atom is -0.464 e. The molecule has 174 valence electrons. The third-order valence-corrected chi connectivity index (χ3v) is 5.55. The summed E-state index contributed by atoms with van der Waals surface area (Å²) < 4.78 is 24.4. The van der Waals surface area contributed by atoms with Crippen molar-refractivity contribution in [3.05, 3.63) is 59.3 Å². The molecule has 7 nitrogen and oxygen atoms in total. The largest absolute Gasteiger partial charge is 0.464 e. The second kappa shape index (κ2) is 11.8. The van der Waals surface area contributed by atoms with E-state index in [9.17, 15) is 14.0 Å². The highest BCUT2D eigenvalue weighted by molar-refractivity contribution is 5.84. The van der Waals surface area contributed by atoms with Crippen molar-refractivity contribution in [3.63, 3.8) is 0 Å². The van der Waals surface area contributed by atoms with Crippen LogP contribution in [0.4, 0.5) is 4.39 Å². The monoisotopic (exact) mass is 445 g/mol. The van der Waals surface area contributed by atoms with Gasteiger partial charge in [-0.25, -0.2) is 4.39 Å². The van der Waals surface area contributed by atoms with Crippen LogP contribution >= 0.6 is 0 Å². The van der Waals surface area contributed by atoms with Gasteiger partial charge in [0, 0.05) is 39.1 Å². The zero-order valence-corrected chi connectivity index (χ0v) is 18.9. The van der Waals surface area contributed by atoms with E-state index >= 15 is 0 Å². The van der Waals surface area contributed by atoms with Crippen LogP contribution in [0, 0.1) is 12.7 Å². The van der Waals surface area contributed by atoms with Crippen molar-refractivity contribution in [2.75, 3.05) is 45.9 Å². The summed E-state index contributed by atoms with van der Waals surface area (Å²) >= 11 is 0. The molecule has 0 aliphatic carbocycles. The number of carbonyl (C=O) groups excluding carboxylic acids is 2. The van der Waals surface area contributed by atoms with Crippen molar-refractivity contribution >= 4 is 11.8 Å². The number of nitrogens with zero attached hydrogens (tertiary/aromatic N) is 3. The van der Waals surface area contributed by atoms with Crippen LogP contribution in [-0.4, -0.2) is 72.5 Å². The molecule has 1 saturated heterocycles. The van der Waals surface area contributed by atoms with Gasteiger partial charge in [0.1, 0.15) is 17.3 Å². The highest BCUT2D eigenvalue weighted by Gasteiger charge is 2.23. The minimum atomic E-state index is -0.323. The van der Waals surface area contributed by atoms with E-state index < -0.39 is 0 Å². The number of amides is 2. The van der Waals surface area contributed by atoms with Gasteiger partial charge in [-0.2, -0.15) is 0 Å². The predicted molar refractivity (Wildman–Crippen MR) is 118 cm³/mol. The first kappa shape index (κ1) is 23.9. The van der Waals surface area contributed by atoms with Gasteiger partial charge in [-0.15, -0.1) is 0 Å². The van der Waals surface area contributed by atoms with Crippen LogP contribution < -0.4 is 0 Å². The van der Waals surface area contributed by atoms with E-state index in [0.717, 1.165) is 24.4 Å². The molecule has 0 bridgehead atoms. The lowest BCUT2D eigenvalue weighted by Crippen LogP contribution is -2.46. The molecule has 1 aromatic heterocycles. The van der Waals surface area contributed by atoms with Gasteiger partial charge in [0.15, 0.2) is 0 Å². The average molecular weight is 446 g/mol. The predicted octanol–water partition coefficient (Wildman–Crippen LogP) is 2.83. The van der Waals surface area contributed by atoms with E-state index in [2.05, 4.69) is 4.90 Å². The van der Waals surface area contributed by atoms with Crippen LogP contribution in [-0.2, 0) is 27.4 Å². The van der Waals surface area contributed by atoms with Gasteiger partial charge in [0.2, 0.25) is 11.8 Å². The molecule has 8 heteroatoms. The number of furan rings is 1. The lowest BCUT2D eigenvalue weighted by atomic mass is 10.2. The van der Waals surface area contributed by atoms with Crippen molar-refractivity contribution in [2.24, 2.45) is 0 Å². The number of hydrogen-bond donors (Lipinski definition) is 0. The lowest BCUT2D eigenvalue weighted by Gasteiger charge is -2.31. The fraction of sp³-hybridized carbons (Fsp3) is 0.500. The molecule has 0 spiro atoms. The van der Waals surface area contributed by atoms with Crippen LogP contribution in [0.2, 0.25) is 0 Å². The van der Waals surface area contributed by atoms with E-state index in [-0.39, 0.29) is 30.7 Å². The quantitative estimate of drug-likeness (QED) is 0.563. The Balaban J connectivity index is 1.69. The van der Waals surface area contributed by atoms with Gasteiger partial charge in [0.25, 0.3) is 0 Å². The fourth-order valence-corrected chi connectivity index (χ4v) is 3.67. The van der Waals surface area contributed by atoms with E-state index in [1.54, 1.807) is 28.9 Å². The number of benzene rings is 1. The molecule has 2 heterocycles. The molecule has 0 radical (unpaired) electrons. The molecule has 1 aliphatic heterocycles. The SMILES string of the molecule is CCC(=O)N(CCN1CCOCC1)CC(=O)N(Cc1ccc(F)cc1)Cc1ccc(C)o1. The van der Waals surface area contributed by atoms with Crippen molar-refractivity contribution in [2.45, 2.75) is 33.4 Å². The number of carbonyl (C=O) groups is 2. The molecule has 1 aliphatic rings. The molecule has 3 rings (SSSR count). The maximum atomic E-state index is 13.3. The summed E-state index contributed by atoms with van der Waals surface area (Å²) in [5.74, 6) is 0.882. The number of hydrogen-bond acceptors (Lipinski definition) is 5. The fourth-order valence-electron chi connectivity index (χ4n) is 3.67. The Labute approximate surface area is 188 Å². The first-order valence-electron chi connectivity index (χ1n) is 11.1. The molecular weight excluding hydrogens is 413 g/mol. The Bertz CT molecular complexity index is 878. The van der Waals surface area contributed by atoms with Crippen LogP contribution in [0.25, 0.3) is 0 Å². The number of rotatable bonds is 10. The Morgan fingerprint density at radius 1 is 1.00 bits per heavy atom. The minimum absolute atomic E-state index is 0.00208. The van der Waals surface area contributed by atoms with E-state index in [1.807, 2.05) is 19.1 Å². The number of aryl methyl sites for hydroxylation is 1. The maximum Gasteiger partial charge on any atom is 0.242 e.